The van der Waals surface area contributed by atoms with Crippen molar-refractivity contribution < 1.29 is 19.1 Å². The molecule has 5 nitrogen and oxygen atoms in total. The Hall–Kier alpha value is -2.48. The van der Waals surface area contributed by atoms with Crippen molar-refractivity contribution in [3.8, 4) is 6.07 Å². The van der Waals surface area contributed by atoms with Gasteiger partial charge in [-0.3, -0.25) is 14.4 Å². The molecule has 3 rings (SSSR count). The summed E-state index contributed by atoms with van der Waals surface area (Å²) in [6.45, 7) is 0. The third-order valence-corrected chi connectivity index (χ3v) is 5.05. The van der Waals surface area contributed by atoms with E-state index >= 15 is 0 Å². The number of esters is 1. The first kappa shape index (κ1) is 16.4. The van der Waals surface area contributed by atoms with Crippen LogP contribution in [-0.2, 0) is 19.9 Å². The third-order valence-electron chi connectivity index (χ3n) is 5.05. The smallest absolute Gasteiger partial charge is 0.314 e. The summed E-state index contributed by atoms with van der Waals surface area (Å²) >= 11 is 0. The van der Waals surface area contributed by atoms with E-state index in [0.717, 1.165) is 31.2 Å². The zero-order valence-electron chi connectivity index (χ0n) is 13.4. The van der Waals surface area contributed by atoms with Crippen LogP contribution in [0.25, 0.3) is 0 Å². The van der Waals surface area contributed by atoms with E-state index in [4.69, 9.17) is 10.00 Å². The highest BCUT2D eigenvalue weighted by Crippen LogP contribution is 2.47. The highest BCUT2D eigenvalue weighted by atomic mass is 16.6. The molecule has 1 saturated carbocycles. The minimum absolute atomic E-state index is 0.0946. The van der Waals surface area contributed by atoms with Gasteiger partial charge in [0.25, 0.3) is 0 Å². The highest BCUT2D eigenvalue weighted by molar-refractivity contribution is 5.99. The maximum Gasteiger partial charge on any atom is 0.314 e. The SMILES string of the molecule is N#CCC(=O)c1ccc(C2(C3CCCC3)CC(=O)CC(=O)O2)cc1. The molecule has 1 aliphatic carbocycles. The van der Waals surface area contributed by atoms with Gasteiger partial charge in [0.15, 0.2) is 5.78 Å². The minimum atomic E-state index is -0.903. The lowest BCUT2D eigenvalue weighted by Gasteiger charge is -2.41. The van der Waals surface area contributed by atoms with Crippen molar-refractivity contribution in [2.45, 2.75) is 50.5 Å². The zero-order chi connectivity index (χ0) is 17.2. The Kier molecular flexibility index (Phi) is 4.48. The molecule has 2 fully saturated rings. The monoisotopic (exact) mass is 325 g/mol. The molecule has 0 amide bonds. The molecule has 0 radical (unpaired) electrons. The van der Waals surface area contributed by atoms with Crippen molar-refractivity contribution in [2.24, 2.45) is 5.92 Å². The number of nitriles is 1. The Morgan fingerprint density at radius 1 is 1.21 bits per heavy atom. The van der Waals surface area contributed by atoms with Crippen LogP contribution >= 0.6 is 0 Å². The number of hydrogen-bond donors (Lipinski definition) is 0. The largest absolute Gasteiger partial charge is 0.453 e. The van der Waals surface area contributed by atoms with Crippen LogP contribution in [-0.4, -0.2) is 17.5 Å². The third kappa shape index (κ3) is 2.96. The fourth-order valence-electron chi connectivity index (χ4n) is 3.92. The Morgan fingerprint density at radius 2 is 1.88 bits per heavy atom. The van der Waals surface area contributed by atoms with Gasteiger partial charge in [0.05, 0.1) is 18.9 Å². The van der Waals surface area contributed by atoms with Crippen LogP contribution in [0.15, 0.2) is 24.3 Å². The molecular weight excluding hydrogens is 306 g/mol. The fourth-order valence-corrected chi connectivity index (χ4v) is 3.92. The normalized spacial score (nSPS) is 24.5. The lowest BCUT2D eigenvalue weighted by molar-refractivity contribution is -0.179. The van der Waals surface area contributed by atoms with E-state index < -0.39 is 11.6 Å². The van der Waals surface area contributed by atoms with E-state index in [1.165, 1.54) is 0 Å². The van der Waals surface area contributed by atoms with E-state index in [9.17, 15) is 14.4 Å². The van der Waals surface area contributed by atoms with Gasteiger partial charge in [0, 0.05) is 11.5 Å². The van der Waals surface area contributed by atoms with E-state index in [1.807, 2.05) is 6.07 Å². The van der Waals surface area contributed by atoms with E-state index in [2.05, 4.69) is 0 Å². The lowest BCUT2D eigenvalue weighted by atomic mass is 9.74. The molecule has 1 unspecified atom stereocenters. The molecule has 1 aromatic carbocycles. The average Bonchev–Trinajstić information content (AvgIpc) is 3.09. The van der Waals surface area contributed by atoms with Gasteiger partial charge in [0.1, 0.15) is 17.8 Å². The summed E-state index contributed by atoms with van der Waals surface area (Å²) < 4.78 is 5.77. The molecule has 0 spiro atoms. The van der Waals surface area contributed by atoms with Crippen molar-refractivity contribution in [1.29, 1.82) is 5.26 Å². The maximum absolute atomic E-state index is 12.1. The maximum atomic E-state index is 12.1. The summed E-state index contributed by atoms with van der Waals surface area (Å²) in [5, 5.41) is 8.63. The van der Waals surface area contributed by atoms with Crippen molar-refractivity contribution >= 4 is 17.5 Å². The predicted molar refractivity (Wildman–Crippen MR) is 85.0 cm³/mol. The second-order valence-corrected chi connectivity index (χ2v) is 6.57. The van der Waals surface area contributed by atoms with Gasteiger partial charge in [-0.25, -0.2) is 0 Å². The van der Waals surface area contributed by atoms with Gasteiger partial charge in [-0.15, -0.1) is 0 Å². The molecule has 1 atom stereocenters. The molecule has 124 valence electrons. The average molecular weight is 325 g/mol. The van der Waals surface area contributed by atoms with Crippen molar-refractivity contribution in [3.05, 3.63) is 35.4 Å². The first-order valence-corrected chi connectivity index (χ1v) is 8.29. The summed E-state index contributed by atoms with van der Waals surface area (Å²) in [7, 11) is 0. The van der Waals surface area contributed by atoms with Crippen LogP contribution in [0.4, 0.5) is 0 Å². The number of ketones is 2. The first-order chi connectivity index (χ1) is 11.5. The molecular formula is C19H19NO4. The summed E-state index contributed by atoms with van der Waals surface area (Å²) in [5.74, 6) is -0.674. The van der Waals surface area contributed by atoms with Gasteiger partial charge in [-0.2, -0.15) is 5.26 Å². The van der Waals surface area contributed by atoms with Crippen molar-refractivity contribution in [1.82, 2.24) is 0 Å². The van der Waals surface area contributed by atoms with Gasteiger partial charge in [0.2, 0.25) is 0 Å². The van der Waals surface area contributed by atoms with Gasteiger partial charge < -0.3 is 4.74 Å². The summed E-state index contributed by atoms with van der Waals surface area (Å²) in [4.78, 5) is 35.8. The number of Topliss-reactive ketones (excluding diaryl/α,β-unsaturated/α-hetero) is 2. The number of cyclic esters (lactones) is 1. The number of carbonyl (C=O) groups is 3. The zero-order valence-corrected chi connectivity index (χ0v) is 13.4. The second-order valence-electron chi connectivity index (χ2n) is 6.57. The minimum Gasteiger partial charge on any atom is -0.453 e. The molecule has 24 heavy (non-hydrogen) atoms. The van der Waals surface area contributed by atoms with Gasteiger partial charge >= 0.3 is 5.97 Å². The fraction of sp³-hybridized carbons (Fsp3) is 0.474. The van der Waals surface area contributed by atoms with E-state index in [-0.39, 0.29) is 36.7 Å². The van der Waals surface area contributed by atoms with E-state index in [0.29, 0.717) is 5.56 Å². The van der Waals surface area contributed by atoms with Gasteiger partial charge in [-0.1, -0.05) is 37.1 Å². The molecule has 5 heteroatoms. The summed E-state index contributed by atoms with van der Waals surface area (Å²) in [6, 6.07) is 8.66. The Labute approximate surface area is 140 Å². The molecule has 0 aromatic heterocycles. The standard InChI is InChI=1S/C19H19NO4/c20-10-9-17(22)13-5-7-15(8-6-13)19(14-3-1-2-4-14)12-16(21)11-18(23)24-19/h5-8,14H,1-4,9,11-12H2. The summed E-state index contributed by atoms with van der Waals surface area (Å²) in [5.41, 5.74) is 0.319. The number of rotatable bonds is 4. The molecule has 1 heterocycles. The van der Waals surface area contributed by atoms with Crippen LogP contribution in [0.3, 0.4) is 0 Å². The Morgan fingerprint density at radius 3 is 2.46 bits per heavy atom. The van der Waals surface area contributed by atoms with Crippen LogP contribution in [0.1, 0.15) is 60.9 Å². The first-order valence-electron chi connectivity index (χ1n) is 8.29. The number of ether oxygens (including phenoxy) is 1. The number of nitrogens with zero attached hydrogens (tertiary/aromatic N) is 1. The van der Waals surface area contributed by atoms with Gasteiger partial charge in [-0.05, 0) is 18.4 Å². The molecule has 2 aliphatic rings. The highest BCUT2D eigenvalue weighted by Gasteiger charge is 2.49. The number of hydrogen-bond acceptors (Lipinski definition) is 5. The van der Waals surface area contributed by atoms with E-state index in [1.54, 1.807) is 24.3 Å². The molecule has 0 bridgehead atoms. The molecule has 1 aliphatic heterocycles. The number of benzene rings is 1. The van der Waals surface area contributed by atoms with Crippen LogP contribution in [0.2, 0.25) is 0 Å². The van der Waals surface area contributed by atoms with Crippen LogP contribution in [0.5, 0.6) is 0 Å². The number of carbonyl (C=O) groups excluding carboxylic acids is 3. The van der Waals surface area contributed by atoms with Crippen molar-refractivity contribution in [2.75, 3.05) is 0 Å². The second kappa shape index (κ2) is 6.56. The van der Waals surface area contributed by atoms with Crippen molar-refractivity contribution in [3.63, 3.8) is 0 Å². The predicted octanol–water partition coefficient (Wildman–Crippen LogP) is 3.07. The van der Waals surface area contributed by atoms with Crippen LogP contribution in [0, 0.1) is 17.2 Å². The quantitative estimate of drug-likeness (QED) is 0.482. The Bertz CT molecular complexity index is 692. The molecule has 1 saturated heterocycles. The summed E-state index contributed by atoms with van der Waals surface area (Å²) in [6.07, 6.45) is 3.86. The molecule has 1 aromatic rings. The van der Waals surface area contributed by atoms with Crippen LogP contribution < -0.4 is 0 Å². The topological polar surface area (TPSA) is 84.2 Å². The lowest BCUT2D eigenvalue weighted by Crippen LogP contribution is -2.45. The Balaban J connectivity index is 1.97. The molecule has 0 N–H and O–H groups in total.